The molecule has 1 atom stereocenters. The Bertz CT molecular complexity index is 957. The number of nitrogens with zero attached hydrogens (tertiary/aromatic N) is 3. The highest BCUT2D eigenvalue weighted by molar-refractivity contribution is 7.91. The Morgan fingerprint density at radius 1 is 1.30 bits per heavy atom. The van der Waals surface area contributed by atoms with Gasteiger partial charge in [-0.25, -0.2) is 8.42 Å². The normalized spacial score (nSPS) is 20.6. The maximum absolute atomic E-state index is 12.6. The number of hydrogen-bond acceptors (Lipinski definition) is 7. The summed E-state index contributed by atoms with van der Waals surface area (Å²) in [6, 6.07) is 2.85. The molecule has 0 spiro atoms. The molecule has 2 heterocycles. The Hall–Kier alpha value is -2.82. The summed E-state index contributed by atoms with van der Waals surface area (Å²) < 4.78 is 23.3. The van der Waals surface area contributed by atoms with Crippen LogP contribution in [0.15, 0.2) is 18.2 Å². The van der Waals surface area contributed by atoms with Crippen molar-refractivity contribution in [1.82, 2.24) is 9.80 Å². The molecule has 0 aliphatic carbocycles. The third kappa shape index (κ3) is 3.42. The Labute approximate surface area is 154 Å². The molecule has 2 aliphatic rings. The molecule has 144 valence electrons. The van der Waals surface area contributed by atoms with Crippen molar-refractivity contribution in [3.05, 3.63) is 39.4 Å². The second-order valence-electron chi connectivity index (χ2n) is 6.42. The maximum atomic E-state index is 12.6. The summed E-state index contributed by atoms with van der Waals surface area (Å²) in [6.45, 7) is 1.40. The highest BCUT2D eigenvalue weighted by atomic mass is 32.2. The zero-order valence-electron chi connectivity index (χ0n) is 14.5. The van der Waals surface area contributed by atoms with Crippen LogP contribution in [0.3, 0.4) is 0 Å². The molecule has 27 heavy (non-hydrogen) atoms. The average Bonchev–Trinajstić information content (AvgIpc) is 3.07. The molecule has 1 saturated heterocycles. The number of nitro groups is 1. The summed E-state index contributed by atoms with van der Waals surface area (Å²) in [4.78, 5) is 49.8. The summed E-state index contributed by atoms with van der Waals surface area (Å²) in [7, 11) is -3.19. The molecule has 1 aromatic rings. The summed E-state index contributed by atoms with van der Waals surface area (Å²) in [5.74, 6) is -2.15. The van der Waals surface area contributed by atoms with E-state index in [1.54, 1.807) is 6.92 Å². The highest BCUT2D eigenvalue weighted by Gasteiger charge is 2.40. The SMILES string of the molecule is CCN(C(=O)CN1C(=O)c2ccc([N+](=O)[O-])cc2C1=O)[C@@H]1CCS(=O)(=O)C1. The Balaban J connectivity index is 1.79. The standard InChI is InChI=1S/C16H17N3O7S/c1-2-17(11-5-6-27(25,26)9-11)14(20)8-18-15(21)12-4-3-10(19(23)24)7-13(12)16(18)22/h3-4,7,11H,2,5-6,8-9H2,1H3/t11-/m1/s1. The van der Waals surface area contributed by atoms with Crippen LogP contribution in [0, 0.1) is 10.1 Å². The van der Waals surface area contributed by atoms with Crippen LogP contribution in [0.25, 0.3) is 0 Å². The lowest BCUT2D eigenvalue weighted by Gasteiger charge is -2.28. The number of non-ortho nitro benzene ring substituents is 1. The molecule has 0 saturated carbocycles. The first-order valence-electron chi connectivity index (χ1n) is 8.29. The smallest absolute Gasteiger partial charge is 0.270 e. The molecular formula is C16H17N3O7S. The number of nitro benzene ring substituents is 1. The summed E-state index contributed by atoms with van der Waals surface area (Å²) in [5.41, 5.74) is -0.437. The molecule has 1 fully saturated rings. The van der Waals surface area contributed by atoms with E-state index in [-0.39, 0.29) is 34.9 Å². The molecule has 0 N–H and O–H groups in total. The molecule has 0 bridgehead atoms. The summed E-state index contributed by atoms with van der Waals surface area (Å²) in [5, 5.41) is 10.9. The molecular weight excluding hydrogens is 378 g/mol. The number of fused-ring (bicyclic) bond motifs is 1. The number of imide groups is 1. The third-order valence-electron chi connectivity index (χ3n) is 4.77. The van der Waals surface area contributed by atoms with Crippen molar-refractivity contribution in [3.8, 4) is 0 Å². The predicted octanol–water partition coefficient (Wildman–Crippen LogP) is 0.226. The minimum atomic E-state index is -3.19. The predicted molar refractivity (Wildman–Crippen MR) is 92.9 cm³/mol. The van der Waals surface area contributed by atoms with Gasteiger partial charge in [-0.2, -0.15) is 0 Å². The Morgan fingerprint density at radius 3 is 2.52 bits per heavy atom. The number of hydrogen-bond donors (Lipinski definition) is 0. The second kappa shape index (κ2) is 6.72. The van der Waals surface area contributed by atoms with Crippen LogP contribution in [0.1, 0.15) is 34.1 Å². The van der Waals surface area contributed by atoms with Crippen molar-refractivity contribution in [2.75, 3.05) is 24.6 Å². The number of carbonyl (C=O) groups excluding carboxylic acids is 3. The molecule has 10 nitrogen and oxygen atoms in total. The van der Waals surface area contributed by atoms with E-state index >= 15 is 0 Å². The number of benzene rings is 1. The van der Waals surface area contributed by atoms with E-state index < -0.39 is 45.1 Å². The van der Waals surface area contributed by atoms with Crippen molar-refractivity contribution < 1.29 is 27.7 Å². The van der Waals surface area contributed by atoms with E-state index in [1.807, 2.05) is 0 Å². The number of carbonyl (C=O) groups is 3. The van der Waals surface area contributed by atoms with Crippen molar-refractivity contribution >= 4 is 33.2 Å². The molecule has 1 aromatic carbocycles. The minimum absolute atomic E-state index is 0.00185. The van der Waals surface area contributed by atoms with Gasteiger partial charge in [-0.3, -0.25) is 29.4 Å². The Morgan fingerprint density at radius 2 is 1.96 bits per heavy atom. The van der Waals surface area contributed by atoms with Crippen LogP contribution in [0.2, 0.25) is 0 Å². The highest BCUT2D eigenvalue weighted by Crippen LogP contribution is 2.27. The summed E-state index contributed by atoms with van der Waals surface area (Å²) >= 11 is 0. The van der Waals surface area contributed by atoms with E-state index in [4.69, 9.17) is 0 Å². The topological polar surface area (TPSA) is 135 Å². The fourth-order valence-corrected chi connectivity index (χ4v) is 5.15. The number of sulfone groups is 1. The van der Waals surface area contributed by atoms with Crippen LogP contribution >= 0.6 is 0 Å². The Kier molecular flexibility index (Phi) is 4.72. The number of likely N-dealkylation sites (N-methyl/N-ethyl adjacent to an activating group) is 1. The van der Waals surface area contributed by atoms with Crippen LogP contribution < -0.4 is 0 Å². The van der Waals surface area contributed by atoms with Gasteiger partial charge in [0, 0.05) is 24.7 Å². The first kappa shape index (κ1) is 19.0. The van der Waals surface area contributed by atoms with Crippen LogP contribution in [-0.4, -0.2) is 71.5 Å². The van der Waals surface area contributed by atoms with Crippen LogP contribution in [0.5, 0.6) is 0 Å². The van der Waals surface area contributed by atoms with Gasteiger partial charge in [-0.05, 0) is 19.4 Å². The van der Waals surface area contributed by atoms with E-state index in [0.717, 1.165) is 17.0 Å². The van der Waals surface area contributed by atoms with E-state index in [9.17, 15) is 32.9 Å². The monoisotopic (exact) mass is 395 g/mol. The van der Waals surface area contributed by atoms with Crippen molar-refractivity contribution in [3.63, 3.8) is 0 Å². The van der Waals surface area contributed by atoms with Gasteiger partial charge in [-0.15, -0.1) is 0 Å². The van der Waals surface area contributed by atoms with Gasteiger partial charge in [0.05, 0.1) is 27.6 Å². The van der Waals surface area contributed by atoms with Gasteiger partial charge >= 0.3 is 0 Å². The van der Waals surface area contributed by atoms with Gasteiger partial charge in [0.2, 0.25) is 5.91 Å². The van der Waals surface area contributed by atoms with Gasteiger partial charge in [-0.1, -0.05) is 0 Å². The summed E-state index contributed by atoms with van der Waals surface area (Å²) in [6.07, 6.45) is 0.316. The van der Waals surface area contributed by atoms with Crippen LogP contribution in [-0.2, 0) is 14.6 Å². The van der Waals surface area contributed by atoms with E-state index in [2.05, 4.69) is 0 Å². The molecule has 0 unspecified atom stereocenters. The second-order valence-corrected chi connectivity index (χ2v) is 8.65. The van der Waals surface area contributed by atoms with Crippen LogP contribution in [0.4, 0.5) is 5.69 Å². The van der Waals surface area contributed by atoms with Gasteiger partial charge in [0.25, 0.3) is 17.5 Å². The van der Waals surface area contributed by atoms with Crippen molar-refractivity contribution in [1.29, 1.82) is 0 Å². The van der Waals surface area contributed by atoms with Gasteiger partial charge < -0.3 is 4.90 Å². The zero-order valence-corrected chi connectivity index (χ0v) is 15.3. The lowest BCUT2D eigenvalue weighted by atomic mass is 10.1. The molecule has 3 amide bonds. The first-order chi connectivity index (χ1) is 12.6. The van der Waals surface area contributed by atoms with Gasteiger partial charge in [0.15, 0.2) is 9.84 Å². The molecule has 0 aromatic heterocycles. The molecule has 0 radical (unpaired) electrons. The third-order valence-corrected chi connectivity index (χ3v) is 6.52. The van der Waals surface area contributed by atoms with E-state index in [1.165, 1.54) is 11.0 Å². The van der Waals surface area contributed by atoms with Gasteiger partial charge in [0.1, 0.15) is 6.54 Å². The fourth-order valence-electron chi connectivity index (χ4n) is 3.42. The number of rotatable bonds is 5. The van der Waals surface area contributed by atoms with E-state index in [0.29, 0.717) is 6.42 Å². The maximum Gasteiger partial charge on any atom is 0.270 e. The van der Waals surface area contributed by atoms with Crippen molar-refractivity contribution in [2.24, 2.45) is 0 Å². The lowest BCUT2D eigenvalue weighted by Crippen LogP contribution is -2.47. The quantitative estimate of drug-likeness (QED) is 0.395. The average molecular weight is 395 g/mol. The zero-order chi connectivity index (χ0) is 19.9. The molecule has 3 rings (SSSR count). The van der Waals surface area contributed by atoms with Crippen molar-refractivity contribution in [2.45, 2.75) is 19.4 Å². The molecule has 2 aliphatic heterocycles. The first-order valence-corrected chi connectivity index (χ1v) is 10.1. The number of amides is 3. The fraction of sp³-hybridized carbons (Fsp3) is 0.438. The largest absolute Gasteiger partial charge is 0.337 e. The minimum Gasteiger partial charge on any atom is -0.337 e. The lowest BCUT2D eigenvalue weighted by molar-refractivity contribution is -0.384. The molecule has 11 heteroatoms.